The number of aromatic nitrogens is 3. The molecule has 0 bridgehead atoms. The minimum atomic E-state index is 0.839. The van der Waals surface area contributed by atoms with Crippen LogP contribution < -0.4 is 0 Å². The third-order valence-corrected chi connectivity index (χ3v) is 3.97. The summed E-state index contributed by atoms with van der Waals surface area (Å²) in [6, 6.07) is 8.61. The van der Waals surface area contributed by atoms with Gasteiger partial charge in [-0.25, -0.2) is 9.97 Å². The lowest BCUT2D eigenvalue weighted by atomic mass is 9.97. The predicted molar refractivity (Wildman–Crippen MR) is 79.4 cm³/mol. The first-order valence-electron chi connectivity index (χ1n) is 6.90. The lowest BCUT2D eigenvalue weighted by molar-refractivity contribution is 0.313. The molecule has 1 aliphatic rings. The smallest absolute Gasteiger partial charge is 0.156 e. The maximum Gasteiger partial charge on any atom is 0.156 e. The lowest BCUT2D eigenvalue weighted by Crippen LogP contribution is -2.26. The molecule has 1 aromatic carbocycles. The van der Waals surface area contributed by atoms with Crippen LogP contribution in [0.25, 0.3) is 22.4 Å². The lowest BCUT2D eigenvalue weighted by Gasteiger charge is -2.25. The van der Waals surface area contributed by atoms with Crippen LogP contribution in [-0.4, -0.2) is 33.4 Å². The monoisotopic (exact) mass is 264 g/mol. The normalized spacial score (nSPS) is 15.4. The second-order valence-corrected chi connectivity index (χ2v) is 5.44. The summed E-state index contributed by atoms with van der Waals surface area (Å²) in [7, 11) is 2.17. The first-order valence-corrected chi connectivity index (χ1v) is 6.90. The average Bonchev–Trinajstić information content (AvgIpc) is 2.93. The minimum Gasteiger partial charge on any atom is -0.345 e. The Morgan fingerprint density at radius 3 is 3.10 bits per heavy atom. The summed E-state index contributed by atoms with van der Waals surface area (Å²) in [5.74, 6) is 0. The van der Waals surface area contributed by atoms with Crippen molar-refractivity contribution in [2.24, 2.45) is 0 Å². The van der Waals surface area contributed by atoms with Crippen LogP contribution in [0.3, 0.4) is 0 Å². The number of aromatic amines is 1. The van der Waals surface area contributed by atoms with Crippen LogP contribution in [0.2, 0.25) is 0 Å². The fourth-order valence-electron chi connectivity index (χ4n) is 2.83. The molecule has 0 saturated heterocycles. The third-order valence-electron chi connectivity index (χ3n) is 3.97. The first kappa shape index (κ1) is 11.6. The highest BCUT2D eigenvalue weighted by Crippen LogP contribution is 2.25. The first-order chi connectivity index (χ1) is 9.79. The number of nitrogens with zero attached hydrogens (tertiary/aromatic N) is 3. The Balaban J connectivity index is 1.79. The molecule has 1 aliphatic heterocycles. The second-order valence-electron chi connectivity index (χ2n) is 5.44. The predicted octanol–water partition coefficient (Wildman–Crippen LogP) is 2.61. The van der Waals surface area contributed by atoms with E-state index in [1.807, 2.05) is 18.5 Å². The van der Waals surface area contributed by atoms with Crippen molar-refractivity contribution in [1.82, 2.24) is 19.9 Å². The van der Waals surface area contributed by atoms with E-state index < -0.39 is 0 Å². The van der Waals surface area contributed by atoms with E-state index in [1.165, 1.54) is 11.1 Å². The largest absolute Gasteiger partial charge is 0.345 e. The number of fused-ring (bicyclic) bond motifs is 2. The van der Waals surface area contributed by atoms with E-state index >= 15 is 0 Å². The van der Waals surface area contributed by atoms with Gasteiger partial charge in [0.05, 0.1) is 11.9 Å². The van der Waals surface area contributed by atoms with Crippen LogP contribution in [0.15, 0.2) is 36.7 Å². The number of H-pyrrole nitrogens is 1. The molecular weight excluding hydrogens is 248 g/mol. The van der Waals surface area contributed by atoms with Gasteiger partial charge in [0.2, 0.25) is 0 Å². The molecule has 0 aliphatic carbocycles. The fourth-order valence-corrected chi connectivity index (χ4v) is 2.83. The van der Waals surface area contributed by atoms with Crippen molar-refractivity contribution >= 4 is 11.2 Å². The second kappa shape index (κ2) is 4.42. The molecule has 2 aromatic heterocycles. The van der Waals surface area contributed by atoms with Crippen molar-refractivity contribution in [3.05, 3.63) is 47.8 Å². The highest BCUT2D eigenvalue weighted by molar-refractivity contribution is 5.74. The SMILES string of the molecule is CN1CCc2ccc(-c3cnc4[nH]ccc4n3)cc2C1. The van der Waals surface area contributed by atoms with Gasteiger partial charge >= 0.3 is 0 Å². The molecule has 0 unspecified atom stereocenters. The van der Waals surface area contributed by atoms with Gasteiger partial charge in [0.15, 0.2) is 5.65 Å². The van der Waals surface area contributed by atoms with Crippen molar-refractivity contribution in [1.29, 1.82) is 0 Å². The Morgan fingerprint density at radius 1 is 1.20 bits per heavy atom. The molecule has 0 saturated carbocycles. The highest BCUT2D eigenvalue weighted by Gasteiger charge is 2.14. The standard InChI is InChI=1S/C16H16N4/c1-20-7-5-11-2-3-12(8-13(11)10-20)15-9-18-16-14(19-15)4-6-17-16/h2-4,6,8-9H,5,7,10H2,1H3,(H,17,18). The summed E-state index contributed by atoms with van der Waals surface area (Å²) in [4.78, 5) is 14.5. The van der Waals surface area contributed by atoms with Gasteiger partial charge in [0.25, 0.3) is 0 Å². The molecule has 20 heavy (non-hydrogen) atoms. The van der Waals surface area contributed by atoms with Crippen molar-refractivity contribution in [2.75, 3.05) is 13.6 Å². The Morgan fingerprint density at radius 2 is 2.15 bits per heavy atom. The van der Waals surface area contributed by atoms with Crippen LogP contribution in [0.5, 0.6) is 0 Å². The Bertz CT molecular complexity index is 775. The van der Waals surface area contributed by atoms with Crippen molar-refractivity contribution < 1.29 is 0 Å². The molecule has 0 atom stereocenters. The maximum atomic E-state index is 4.67. The number of hydrogen-bond acceptors (Lipinski definition) is 3. The van der Waals surface area contributed by atoms with Crippen LogP contribution in [-0.2, 0) is 13.0 Å². The summed E-state index contributed by atoms with van der Waals surface area (Å²) in [5.41, 5.74) is 6.71. The zero-order chi connectivity index (χ0) is 13.5. The molecular formula is C16H16N4. The van der Waals surface area contributed by atoms with E-state index in [9.17, 15) is 0 Å². The summed E-state index contributed by atoms with van der Waals surface area (Å²) < 4.78 is 0. The molecule has 4 nitrogen and oxygen atoms in total. The fraction of sp³-hybridized carbons (Fsp3) is 0.250. The number of nitrogens with one attached hydrogen (secondary N) is 1. The van der Waals surface area contributed by atoms with Crippen LogP contribution in [0.4, 0.5) is 0 Å². The maximum absolute atomic E-state index is 4.67. The summed E-state index contributed by atoms with van der Waals surface area (Å²) in [6.07, 6.45) is 4.85. The molecule has 3 aromatic rings. The topological polar surface area (TPSA) is 44.8 Å². The van der Waals surface area contributed by atoms with E-state index in [0.29, 0.717) is 0 Å². The highest BCUT2D eigenvalue weighted by atomic mass is 15.1. The number of benzene rings is 1. The van der Waals surface area contributed by atoms with Gasteiger partial charge in [-0.05, 0) is 36.7 Å². The van der Waals surface area contributed by atoms with E-state index in [-0.39, 0.29) is 0 Å². The van der Waals surface area contributed by atoms with Gasteiger partial charge in [-0.15, -0.1) is 0 Å². The van der Waals surface area contributed by atoms with Gasteiger partial charge in [0, 0.05) is 24.8 Å². The average molecular weight is 264 g/mol. The Labute approximate surface area is 117 Å². The molecule has 0 radical (unpaired) electrons. The number of likely N-dealkylation sites (N-methyl/N-ethyl adjacent to an activating group) is 1. The zero-order valence-electron chi connectivity index (χ0n) is 11.4. The Hall–Kier alpha value is -2.20. The molecule has 1 N–H and O–H groups in total. The van der Waals surface area contributed by atoms with Crippen molar-refractivity contribution in [3.8, 4) is 11.3 Å². The summed E-state index contributed by atoms with van der Waals surface area (Å²) >= 11 is 0. The molecule has 0 fully saturated rings. The molecule has 0 amide bonds. The molecule has 100 valence electrons. The van der Waals surface area contributed by atoms with Gasteiger partial charge in [-0.3, -0.25) is 0 Å². The van der Waals surface area contributed by atoms with Crippen LogP contribution in [0, 0.1) is 0 Å². The van der Waals surface area contributed by atoms with Crippen LogP contribution >= 0.6 is 0 Å². The van der Waals surface area contributed by atoms with Crippen molar-refractivity contribution in [3.63, 3.8) is 0 Å². The molecule has 4 rings (SSSR count). The number of hydrogen-bond donors (Lipinski definition) is 1. The van der Waals surface area contributed by atoms with Gasteiger partial charge in [-0.2, -0.15) is 0 Å². The summed E-state index contributed by atoms with van der Waals surface area (Å²) in [5, 5.41) is 0. The van der Waals surface area contributed by atoms with Crippen molar-refractivity contribution in [2.45, 2.75) is 13.0 Å². The van der Waals surface area contributed by atoms with E-state index in [1.54, 1.807) is 0 Å². The molecule has 3 heterocycles. The molecule has 4 heteroatoms. The van der Waals surface area contributed by atoms with Gasteiger partial charge < -0.3 is 9.88 Å². The van der Waals surface area contributed by atoms with Gasteiger partial charge in [0.1, 0.15) is 5.52 Å². The molecule has 0 spiro atoms. The van der Waals surface area contributed by atoms with Crippen LogP contribution in [0.1, 0.15) is 11.1 Å². The third kappa shape index (κ3) is 1.89. The van der Waals surface area contributed by atoms with E-state index in [2.05, 4.69) is 45.1 Å². The Kier molecular flexibility index (Phi) is 2.57. The van der Waals surface area contributed by atoms with Gasteiger partial charge in [-0.1, -0.05) is 12.1 Å². The summed E-state index contributed by atoms with van der Waals surface area (Å²) in [6.45, 7) is 2.16. The minimum absolute atomic E-state index is 0.839. The number of rotatable bonds is 1. The van der Waals surface area contributed by atoms with E-state index in [0.717, 1.165) is 41.9 Å². The quantitative estimate of drug-likeness (QED) is 0.735. The zero-order valence-corrected chi connectivity index (χ0v) is 11.4. The van der Waals surface area contributed by atoms with E-state index in [4.69, 9.17) is 0 Å².